The highest BCUT2D eigenvalue weighted by atomic mass is 16.6. The molecule has 6 aromatic rings. The lowest BCUT2D eigenvalue weighted by atomic mass is 9.80. The number of ether oxygens (including phenoxy) is 6. The predicted molar refractivity (Wildman–Crippen MR) is 215 cm³/mol. The van der Waals surface area contributed by atoms with Crippen LogP contribution in [0.3, 0.4) is 0 Å². The maximum Gasteiger partial charge on any atom is 0.330 e. The van der Waals surface area contributed by atoms with E-state index in [2.05, 4.69) is 10.3 Å². The monoisotopic (exact) mass is 785 g/mol. The Morgan fingerprint density at radius 2 is 1.36 bits per heavy atom. The van der Waals surface area contributed by atoms with Crippen molar-refractivity contribution in [1.29, 1.82) is 0 Å². The molecule has 298 valence electrons. The van der Waals surface area contributed by atoms with Crippen molar-refractivity contribution in [3.8, 4) is 11.5 Å². The molecule has 1 amide bonds. The minimum absolute atomic E-state index is 0.127. The highest BCUT2D eigenvalue weighted by molar-refractivity contribution is 5.93. The first-order valence-electron chi connectivity index (χ1n) is 18.6. The number of nitrogens with zero attached hydrogens (tertiary/aromatic N) is 1. The van der Waals surface area contributed by atoms with Crippen molar-refractivity contribution in [3.63, 3.8) is 0 Å². The second-order valence-corrected chi connectivity index (χ2v) is 13.7. The number of hydrogen-bond acceptors (Lipinski definition) is 10. The van der Waals surface area contributed by atoms with Crippen LogP contribution in [0.15, 0.2) is 137 Å². The molecule has 5 aromatic carbocycles. The number of methoxy groups -OCH3 is 3. The average molecular weight is 786 g/mol. The van der Waals surface area contributed by atoms with E-state index in [1.54, 1.807) is 14.2 Å². The fourth-order valence-electron chi connectivity index (χ4n) is 7.39. The van der Waals surface area contributed by atoms with Gasteiger partial charge in [-0.05, 0) is 63.4 Å². The molecule has 1 aliphatic rings. The Bertz CT molecular complexity index is 2450. The number of fused-ring (bicyclic) bond motifs is 1. The van der Waals surface area contributed by atoms with Gasteiger partial charge in [-0.1, -0.05) is 91.0 Å². The van der Waals surface area contributed by atoms with E-state index in [-0.39, 0.29) is 18.7 Å². The number of carbonyl (C=O) groups is 2. The first kappa shape index (κ1) is 39.7. The number of nitrogens with one attached hydrogen (secondary N) is 2. The van der Waals surface area contributed by atoms with Crippen molar-refractivity contribution < 1.29 is 38.0 Å². The van der Waals surface area contributed by atoms with Crippen LogP contribution in [0.1, 0.15) is 45.8 Å². The first-order chi connectivity index (χ1) is 28.1. The van der Waals surface area contributed by atoms with Crippen LogP contribution in [0.2, 0.25) is 0 Å². The SMILES string of the molecule is COc1ccc(C(OC[C@H]2O[C@@H](n3cc(C(=O)NCc4ccc5ccccc5c4)c(=O)[nH]c3=O)C(OC)[C@H]2OC(C)=O)(c2ccccc2)c2ccc(OC)cc2)cc1. The minimum Gasteiger partial charge on any atom is -0.497 e. The number of rotatable bonds is 14. The molecule has 0 saturated carbocycles. The predicted octanol–water partition coefficient (Wildman–Crippen LogP) is 5.49. The third kappa shape index (κ3) is 8.00. The summed E-state index contributed by atoms with van der Waals surface area (Å²) >= 11 is 0. The van der Waals surface area contributed by atoms with Gasteiger partial charge in [0.15, 0.2) is 12.3 Å². The lowest BCUT2D eigenvalue weighted by molar-refractivity contribution is -0.157. The van der Waals surface area contributed by atoms with E-state index in [1.807, 2.05) is 121 Å². The third-order valence-electron chi connectivity index (χ3n) is 10.3. The summed E-state index contributed by atoms with van der Waals surface area (Å²) in [7, 11) is 4.56. The van der Waals surface area contributed by atoms with Gasteiger partial charge in [0, 0.05) is 26.8 Å². The number of aromatic amines is 1. The van der Waals surface area contributed by atoms with E-state index in [1.165, 1.54) is 14.0 Å². The molecule has 58 heavy (non-hydrogen) atoms. The molecule has 13 nitrogen and oxygen atoms in total. The molecular formula is C45H43N3O10. The summed E-state index contributed by atoms with van der Waals surface area (Å²) in [5, 5.41) is 4.82. The quantitative estimate of drug-likeness (QED) is 0.107. The van der Waals surface area contributed by atoms with Crippen LogP contribution < -0.4 is 26.0 Å². The second kappa shape index (κ2) is 17.3. The molecule has 2 N–H and O–H groups in total. The van der Waals surface area contributed by atoms with Crippen LogP contribution in [0.4, 0.5) is 0 Å². The molecule has 0 bridgehead atoms. The van der Waals surface area contributed by atoms with Crippen molar-refractivity contribution in [2.45, 2.75) is 43.6 Å². The van der Waals surface area contributed by atoms with Crippen LogP contribution in [0.5, 0.6) is 11.5 Å². The van der Waals surface area contributed by atoms with E-state index in [4.69, 9.17) is 28.4 Å². The maximum atomic E-state index is 13.5. The van der Waals surface area contributed by atoms with Gasteiger partial charge >= 0.3 is 11.7 Å². The molecule has 2 heterocycles. The highest BCUT2D eigenvalue weighted by Gasteiger charge is 2.50. The Morgan fingerprint density at radius 3 is 1.97 bits per heavy atom. The summed E-state index contributed by atoms with van der Waals surface area (Å²) in [6.07, 6.45) is -3.29. The fraction of sp³-hybridized carbons (Fsp3) is 0.244. The number of esters is 1. The molecule has 1 aromatic heterocycles. The van der Waals surface area contributed by atoms with Gasteiger partial charge in [-0.15, -0.1) is 0 Å². The fourth-order valence-corrected chi connectivity index (χ4v) is 7.39. The second-order valence-electron chi connectivity index (χ2n) is 13.7. The summed E-state index contributed by atoms with van der Waals surface area (Å²) in [6.45, 7) is 1.20. The van der Waals surface area contributed by atoms with Gasteiger partial charge in [-0.3, -0.25) is 23.9 Å². The Balaban J connectivity index is 1.23. The molecule has 13 heteroatoms. The molecule has 7 rings (SSSR count). The van der Waals surface area contributed by atoms with E-state index < -0.39 is 53.3 Å². The van der Waals surface area contributed by atoms with Crippen LogP contribution in [0.25, 0.3) is 10.8 Å². The van der Waals surface area contributed by atoms with Gasteiger partial charge in [0.05, 0.1) is 20.8 Å². The van der Waals surface area contributed by atoms with Crippen LogP contribution >= 0.6 is 0 Å². The number of benzene rings is 5. The molecule has 1 saturated heterocycles. The van der Waals surface area contributed by atoms with Crippen molar-refractivity contribution in [2.75, 3.05) is 27.9 Å². The summed E-state index contributed by atoms with van der Waals surface area (Å²) in [6, 6.07) is 38.2. The Morgan fingerprint density at radius 1 is 0.759 bits per heavy atom. The zero-order valence-corrected chi connectivity index (χ0v) is 32.4. The first-order valence-corrected chi connectivity index (χ1v) is 18.6. The molecule has 4 atom stereocenters. The van der Waals surface area contributed by atoms with Crippen LogP contribution in [-0.2, 0) is 35.9 Å². The zero-order chi connectivity index (χ0) is 40.8. The van der Waals surface area contributed by atoms with E-state index in [0.717, 1.165) is 43.8 Å². The number of aromatic nitrogens is 2. The number of H-pyrrole nitrogens is 1. The van der Waals surface area contributed by atoms with E-state index >= 15 is 0 Å². The van der Waals surface area contributed by atoms with Crippen LogP contribution in [-0.4, -0.2) is 67.7 Å². The Hall–Kier alpha value is -6.54. The minimum atomic E-state index is -1.26. The number of hydrogen-bond donors (Lipinski definition) is 2. The lowest BCUT2D eigenvalue weighted by Gasteiger charge is -2.37. The van der Waals surface area contributed by atoms with Crippen molar-refractivity contribution >= 4 is 22.6 Å². The van der Waals surface area contributed by atoms with Crippen molar-refractivity contribution in [1.82, 2.24) is 14.9 Å². The van der Waals surface area contributed by atoms with Crippen LogP contribution in [0, 0.1) is 0 Å². The Kier molecular flexibility index (Phi) is 11.8. The third-order valence-corrected chi connectivity index (χ3v) is 10.3. The maximum absolute atomic E-state index is 13.5. The van der Waals surface area contributed by atoms with Gasteiger partial charge in [-0.25, -0.2) is 4.79 Å². The normalized spacial score (nSPS) is 17.8. The molecule has 0 aliphatic carbocycles. The number of carbonyl (C=O) groups excluding carboxylic acids is 2. The van der Waals surface area contributed by atoms with Gasteiger partial charge in [0.25, 0.3) is 11.5 Å². The van der Waals surface area contributed by atoms with E-state index in [0.29, 0.717) is 11.5 Å². The largest absolute Gasteiger partial charge is 0.497 e. The molecule has 1 unspecified atom stereocenters. The molecular weight excluding hydrogens is 743 g/mol. The van der Waals surface area contributed by atoms with Gasteiger partial charge in [0.1, 0.15) is 34.9 Å². The molecule has 0 radical (unpaired) electrons. The molecule has 0 spiro atoms. The summed E-state index contributed by atoms with van der Waals surface area (Å²) in [5.74, 6) is -0.0385. The zero-order valence-electron chi connectivity index (χ0n) is 32.4. The number of amides is 1. The lowest BCUT2D eigenvalue weighted by Crippen LogP contribution is -2.43. The van der Waals surface area contributed by atoms with E-state index in [9.17, 15) is 19.2 Å². The summed E-state index contributed by atoms with van der Waals surface area (Å²) < 4.78 is 37.2. The van der Waals surface area contributed by atoms with Gasteiger partial charge < -0.3 is 33.7 Å². The molecule has 1 fully saturated rings. The van der Waals surface area contributed by atoms with Gasteiger partial charge in [-0.2, -0.15) is 0 Å². The summed E-state index contributed by atoms with van der Waals surface area (Å²) in [5.41, 5.74) is -0.221. The highest BCUT2D eigenvalue weighted by Crippen LogP contribution is 2.43. The Labute approximate surface area is 334 Å². The molecule has 1 aliphatic heterocycles. The van der Waals surface area contributed by atoms with Crippen molar-refractivity contribution in [2.24, 2.45) is 0 Å². The standard InChI is InChI=1S/C45H43N3O10/c1-28(49)57-39-38(27-56-45(32-12-6-5-7-13-32,33-16-20-35(53-2)21-17-33)34-18-22-36(54-3)23-19-34)58-43(40(39)55-4)48-26-37(42(51)47-44(48)52)41(50)46-25-29-14-15-30-10-8-9-11-31(30)24-29/h5-24,26,38-40,43H,25,27H2,1-4H3,(H,46,50)(H,47,51,52)/t38-,39+,40?,43-/m1/s1. The summed E-state index contributed by atoms with van der Waals surface area (Å²) in [4.78, 5) is 54.8. The van der Waals surface area contributed by atoms with Crippen molar-refractivity contribution in [3.05, 3.63) is 176 Å². The average Bonchev–Trinajstić information content (AvgIpc) is 3.59. The smallest absolute Gasteiger partial charge is 0.330 e. The topological polar surface area (TPSA) is 156 Å². The van der Waals surface area contributed by atoms with Gasteiger partial charge in [0.2, 0.25) is 0 Å².